The van der Waals surface area contributed by atoms with E-state index in [9.17, 15) is 4.79 Å². The lowest BCUT2D eigenvalue weighted by molar-refractivity contribution is 0.0974. The third kappa shape index (κ3) is 1.46. The van der Waals surface area contributed by atoms with Crippen LogP contribution in [0, 0.1) is 0 Å². The van der Waals surface area contributed by atoms with Crippen molar-refractivity contribution in [1.29, 1.82) is 0 Å². The zero-order chi connectivity index (χ0) is 11.7. The molecule has 2 aromatic rings. The molecule has 2 aromatic heterocycles. The van der Waals surface area contributed by atoms with Gasteiger partial charge < -0.3 is 10.2 Å². The fourth-order valence-corrected chi connectivity index (χ4v) is 1.98. The van der Waals surface area contributed by atoms with E-state index in [0.717, 1.165) is 22.9 Å². The molecule has 2 heterocycles. The first kappa shape index (κ1) is 10.7. The van der Waals surface area contributed by atoms with Gasteiger partial charge in [0.15, 0.2) is 5.76 Å². The van der Waals surface area contributed by atoms with Gasteiger partial charge in [-0.2, -0.15) is 0 Å². The highest BCUT2D eigenvalue weighted by molar-refractivity contribution is 5.98. The van der Waals surface area contributed by atoms with Gasteiger partial charge in [-0.05, 0) is 24.5 Å². The topological polar surface area (TPSA) is 69.1 Å². The third-order valence-electron chi connectivity index (χ3n) is 2.74. The molecule has 4 nitrogen and oxygen atoms in total. The minimum Gasteiger partial charge on any atom is -0.432 e. The van der Waals surface area contributed by atoms with E-state index in [2.05, 4.69) is 11.9 Å². The van der Waals surface area contributed by atoms with Gasteiger partial charge >= 0.3 is 0 Å². The Morgan fingerprint density at radius 2 is 2.19 bits per heavy atom. The molecule has 0 saturated carbocycles. The first-order chi connectivity index (χ1) is 7.69. The van der Waals surface area contributed by atoms with Crippen LogP contribution in [0.3, 0.4) is 0 Å². The molecule has 2 N–H and O–H groups in total. The number of carbonyl (C=O) groups excluding carboxylic acids is 1. The number of fused-ring (bicyclic) bond motifs is 1. The number of nitrogens with zero attached hydrogens (tertiary/aromatic N) is 1. The summed E-state index contributed by atoms with van der Waals surface area (Å²) in [5.74, 6) is -0.289. The largest absolute Gasteiger partial charge is 0.432 e. The number of primary amides is 1. The summed E-state index contributed by atoms with van der Waals surface area (Å²) in [4.78, 5) is 15.4. The Morgan fingerprint density at radius 1 is 1.44 bits per heavy atom. The van der Waals surface area contributed by atoms with Crippen LogP contribution in [0.2, 0.25) is 0 Å². The molecule has 0 aromatic carbocycles. The highest BCUT2D eigenvalue weighted by atomic mass is 16.4. The van der Waals surface area contributed by atoms with Crippen LogP contribution >= 0.6 is 0 Å². The van der Waals surface area contributed by atoms with E-state index in [1.165, 1.54) is 0 Å². The SMILES string of the molecule is CCc1ccnc2oc(C(N)=O)c(CC)c12. The van der Waals surface area contributed by atoms with Crippen molar-refractivity contribution in [3.63, 3.8) is 0 Å². The minimum absolute atomic E-state index is 0.242. The molecule has 0 radical (unpaired) electrons. The van der Waals surface area contributed by atoms with Crippen LogP contribution < -0.4 is 5.73 Å². The predicted octanol–water partition coefficient (Wildman–Crippen LogP) is 2.05. The van der Waals surface area contributed by atoms with E-state index < -0.39 is 5.91 Å². The molecule has 0 atom stereocenters. The molecular weight excluding hydrogens is 204 g/mol. The zero-order valence-corrected chi connectivity index (χ0v) is 9.41. The summed E-state index contributed by atoms with van der Waals surface area (Å²) in [6, 6.07) is 1.95. The van der Waals surface area contributed by atoms with Crippen LogP contribution in [-0.4, -0.2) is 10.9 Å². The fourth-order valence-electron chi connectivity index (χ4n) is 1.98. The Hall–Kier alpha value is -1.84. The number of aromatic nitrogens is 1. The van der Waals surface area contributed by atoms with Crippen LogP contribution in [0.15, 0.2) is 16.7 Å². The van der Waals surface area contributed by atoms with Crippen molar-refractivity contribution in [3.05, 3.63) is 29.2 Å². The molecule has 0 aliphatic carbocycles. The summed E-state index contributed by atoms with van der Waals surface area (Å²) in [6.07, 6.45) is 3.28. The molecule has 0 spiro atoms. The average molecular weight is 218 g/mol. The monoisotopic (exact) mass is 218 g/mol. The van der Waals surface area contributed by atoms with Crippen molar-refractivity contribution in [2.75, 3.05) is 0 Å². The van der Waals surface area contributed by atoms with E-state index >= 15 is 0 Å². The minimum atomic E-state index is -0.531. The number of hydrogen-bond donors (Lipinski definition) is 1. The van der Waals surface area contributed by atoms with Crippen LogP contribution in [-0.2, 0) is 12.8 Å². The maximum absolute atomic E-state index is 11.3. The van der Waals surface area contributed by atoms with Crippen molar-refractivity contribution >= 4 is 17.0 Å². The Balaban J connectivity index is 2.83. The number of carbonyl (C=O) groups is 1. The van der Waals surface area contributed by atoms with Crippen LogP contribution in [0.25, 0.3) is 11.1 Å². The van der Waals surface area contributed by atoms with Gasteiger partial charge in [-0.15, -0.1) is 0 Å². The predicted molar refractivity (Wildman–Crippen MR) is 61.3 cm³/mol. The summed E-state index contributed by atoms with van der Waals surface area (Å²) >= 11 is 0. The van der Waals surface area contributed by atoms with Crippen molar-refractivity contribution < 1.29 is 9.21 Å². The van der Waals surface area contributed by atoms with Gasteiger partial charge in [0, 0.05) is 17.1 Å². The summed E-state index contributed by atoms with van der Waals surface area (Å²) < 4.78 is 5.41. The normalized spacial score (nSPS) is 10.9. The van der Waals surface area contributed by atoms with Crippen LogP contribution in [0.5, 0.6) is 0 Å². The Bertz CT molecular complexity index is 543. The van der Waals surface area contributed by atoms with Crippen LogP contribution in [0.4, 0.5) is 0 Å². The number of pyridine rings is 1. The maximum Gasteiger partial charge on any atom is 0.284 e. The molecule has 0 aliphatic rings. The van der Waals surface area contributed by atoms with E-state index in [1.807, 2.05) is 13.0 Å². The quantitative estimate of drug-likeness (QED) is 0.857. The molecule has 0 unspecified atom stereocenters. The molecule has 0 saturated heterocycles. The standard InChI is InChI=1S/C12H14N2O2/c1-3-7-5-6-14-12-9(7)8(4-2)10(16-12)11(13)15/h5-6H,3-4H2,1-2H3,(H2,13,15). The number of furan rings is 1. The zero-order valence-electron chi connectivity index (χ0n) is 9.41. The van der Waals surface area contributed by atoms with Gasteiger partial charge in [0.05, 0.1) is 0 Å². The summed E-state index contributed by atoms with van der Waals surface area (Å²) in [6.45, 7) is 4.04. The number of rotatable bonds is 3. The van der Waals surface area contributed by atoms with Crippen LogP contribution in [0.1, 0.15) is 35.5 Å². The Kier molecular flexibility index (Phi) is 2.64. The Labute approximate surface area is 93.5 Å². The lowest BCUT2D eigenvalue weighted by Crippen LogP contribution is -2.11. The highest BCUT2D eigenvalue weighted by Gasteiger charge is 2.19. The van der Waals surface area contributed by atoms with Gasteiger partial charge in [0.1, 0.15) is 0 Å². The van der Waals surface area contributed by atoms with Gasteiger partial charge in [-0.1, -0.05) is 13.8 Å². The molecule has 2 rings (SSSR count). The van der Waals surface area contributed by atoms with Gasteiger partial charge in [-0.25, -0.2) is 4.98 Å². The van der Waals surface area contributed by atoms with Gasteiger partial charge in [0.25, 0.3) is 5.91 Å². The number of hydrogen-bond acceptors (Lipinski definition) is 3. The van der Waals surface area contributed by atoms with Gasteiger partial charge in [-0.3, -0.25) is 4.79 Å². The molecule has 0 aliphatic heterocycles. The maximum atomic E-state index is 11.3. The van der Waals surface area contributed by atoms with E-state index in [4.69, 9.17) is 10.2 Å². The average Bonchev–Trinajstić information content (AvgIpc) is 2.67. The van der Waals surface area contributed by atoms with E-state index in [-0.39, 0.29) is 5.76 Å². The lowest BCUT2D eigenvalue weighted by Gasteiger charge is -1.99. The number of aryl methyl sites for hydroxylation is 2. The summed E-state index contributed by atoms with van der Waals surface area (Å²) in [7, 11) is 0. The summed E-state index contributed by atoms with van der Waals surface area (Å²) in [5, 5.41) is 0.946. The number of amides is 1. The van der Waals surface area contributed by atoms with E-state index in [1.54, 1.807) is 6.20 Å². The molecule has 0 bridgehead atoms. The third-order valence-corrected chi connectivity index (χ3v) is 2.74. The van der Waals surface area contributed by atoms with Crippen molar-refractivity contribution in [3.8, 4) is 0 Å². The van der Waals surface area contributed by atoms with Crippen molar-refractivity contribution in [2.24, 2.45) is 5.73 Å². The molecule has 84 valence electrons. The highest BCUT2D eigenvalue weighted by Crippen LogP contribution is 2.28. The molecule has 1 amide bonds. The smallest absolute Gasteiger partial charge is 0.284 e. The molecule has 0 fully saturated rings. The first-order valence-corrected chi connectivity index (χ1v) is 5.38. The second-order valence-electron chi connectivity index (χ2n) is 3.63. The summed E-state index contributed by atoms with van der Waals surface area (Å²) in [5.41, 5.74) is 7.79. The first-order valence-electron chi connectivity index (χ1n) is 5.38. The van der Waals surface area contributed by atoms with Crippen molar-refractivity contribution in [1.82, 2.24) is 4.98 Å². The molecular formula is C12H14N2O2. The van der Waals surface area contributed by atoms with E-state index in [0.29, 0.717) is 12.1 Å². The fraction of sp³-hybridized carbons (Fsp3) is 0.333. The number of nitrogens with two attached hydrogens (primary N) is 1. The lowest BCUT2D eigenvalue weighted by atomic mass is 10.0. The second kappa shape index (κ2) is 3.96. The van der Waals surface area contributed by atoms with Gasteiger partial charge in [0.2, 0.25) is 5.71 Å². The Morgan fingerprint density at radius 3 is 2.75 bits per heavy atom. The van der Waals surface area contributed by atoms with Crippen molar-refractivity contribution in [2.45, 2.75) is 26.7 Å². The molecule has 4 heteroatoms. The molecule has 16 heavy (non-hydrogen) atoms. The second-order valence-corrected chi connectivity index (χ2v) is 3.63.